The summed E-state index contributed by atoms with van der Waals surface area (Å²) in [5, 5.41) is 10.6. The Balaban J connectivity index is 2.03. The van der Waals surface area contributed by atoms with Gasteiger partial charge >= 0.3 is 0 Å². The average molecular weight is 326 g/mol. The molecule has 0 spiro atoms. The number of non-ortho nitro benzene ring substituents is 1. The number of nitrogens with zero attached hydrogens (tertiary/aromatic N) is 1. The van der Waals surface area contributed by atoms with Crippen LogP contribution in [0.5, 0.6) is 0 Å². The maximum Gasteiger partial charge on any atom is 0.269 e. The number of hydrogen-bond acceptors (Lipinski definition) is 4. The summed E-state index contributed by atoms with van der Waals surface area (Å²) in [6.45, 7) is 4.24. The first-order valence-corrected chi connectivity index (χ1v) is 9.17. The second-order valence-electron chi connectivity index (χ2n) is 6.17. The molecule has 0 aromatic heterocycles. The lowest BCUT2D eigenvalue weighted by atomic mass is 9.78. The molecule has 0 heterocycles. The maximum absolute atomic E-state index is 12.3. The Bertz CT molecular complexity index is 627. The fourth-order valence-corrected chi connectivity index (χ4v) is 4.46. The van der Waals surface area contributed by atoms with Crippen molar-refractivity contribution < 1.29 is 13.3 Å². The Labute approximate surface area is 131 Å². The predicted octanol–water partition coefficient (Wildman–Crippen LogP) is 2.84. The summed E-state index contributed by atoms with van der Waals surface area (Å²) >= 11 is 0. The highest BCUT2D eigenvalue weighted by atomic mass is 32.2. The van der Waals surface area contributed by atoms with Gasteiger partial charge in [0.2, 0.25) is 10.0 Å². The second kappa shape index (κ2) is 6.75. The zero-order valence-corrected chi connectivity index (χ0v) is 13.7. The molecular weight excluding hydrogens is 304 g/mol. The molecule has 0 bridgehead atoms. The number of nitro benzene ring substituents is 1. The van der Waals surface area contributed by atoms with Crippen molar-refractivity contribution in [1.82, 2.24) is 4.72 Å². The van der Waals surface area contributed by atoms with Gasteiger partial charge in [-0.25, -0.2) is 13.1 Å². The van der Waals surface area contributed by atoms with Crippen LogP contribution in [-0.4, -0.2) is 19.4 Å². The third-order valence-electron chi connectivity index (χ3n) is 4.54. The van der Waals surface area contributed by atoms with Gasteiger partial charge in [0.25, 0.3) is 5.69 Å². The summed E-state index contributed by atoms with van der Waals surface area (Å²) in [6.07, 6.45) is 3.04. The summed E-state index contributed by atoms with van der Waals surface area (Å²) in [5.74, 6) is 0.684. The van der Waals surface area contributed by atoms with Crippen LogP contribution in [0.1, 0.15) is 38.7 Å². The molecule has 1 aromatic rings. The van der Waals surface area contributed by atoms with Gasteiger partial charge in [-0.1, -0.05) is 38.8 Å². The van der Waals surface area contributed by atoms with Gasteiger partial charge in [0.05, 0.1) is 10.7 Å². The molecule has 1 saturated carbocycles. The molecule has 2 rings (SSSR count). The van der Waals surface area contributed by atoms with E-state index in [1.165, 1.54) is 24.3 Å². The van der Waals surface area contributed by atoms with E-state index in [0.29, 0.717) is 17.4 Å². The van der Waals surface area contributed by atoms with Gasteiger partial charge in [-0.2, -0.15) is 0 Å². The summed E-state index contributed by atoms with van der Waals surface area (Å²) in [4.78, 5) is 10.1. The number of nitro groups is 1. The molecule has 1 aliphatic carbocycles. The molecule has 1 fully saturated rings. The van der Waals surface area contributed by atoms with Crippen LogP contribution in [0.3, 0.4) is 0 Å². The van der Waals surface area contributed by atoms with E-state index < -0.39 is 14.9 Å². The first kappa shape index (κ1) is 16.9. The highest BCUT2D eigenvalue weighted by Gasteiger charge is 2.30. The minimum absolute atomic E-state index is 0.0215. The topological polar surface area (TPSA) is 89.3 Å². The van der Waals surface area contributed by atoms with Crippen molar-refractivity contribution in [2.75, 3.05) is 0 Å². The number of benzene rings is 1. The van der Waals surface area contributed by atoms with Crippen molar-refractivity contribution >= 4 is 15.7 Å². The van der Waals surface area contributed by atoms with Gasteiger partial charge in [0.15, 0.2) is 0 Å². The molecule has 122 valence electrons. The molecule has 3 atom stereocenters. The molecule has 0 amide bonds. The molecule has 0 unspecified atom stereocenters. The van der Waals surface area contributed by atoms with Crippen LogP contribution in [-0.2, 0) is 15.8 Å². The zero-order valence-electron chi connectivity index (χ0n) is 12.9. The molecule has 0 aliphatic heterocycles. The van der Waals surface area contributed by atoms with Crippen LogP contribution in [0, 0.1) is 22.0 Å². The van der Waals surface area contributed by atoms with Crippen molar-refractivity contribution in [3.8, 4) is 0 Å². The first-order chi connectivity index (χ1) is 10.3. The molecule has 0 radical (unpaired) electrons. The highest BCUT2D eigenvalue weighted by molar-refractivity contribution is 7.88. The van der Waals surface area contributed by atoms with Crippen molar-refractivity contribution in [3.63, 3.8) is 0 Å². The Morgan fingerprint density at radius 3 is 2.45 bits per heavy atom. The van der Waals surface area contributed by atoms with Crippen molar-refractivity contribution in [3.05, 3.63) is 39.9 Å². The van der Waals surface area contributed by atoms with Crippen LogP contribution in [0.25, 0.3) is 0 Å². The molecule has 7 heteroatoms. The van der Waals surface area contributed by atoms with E-state index in [1.807, 2.05) is 0 Å². The molecule has 1 aliphatic rings. The molecule has 1 N–H and O–H groups in total. The molecule has 6 nitrogen and oxygen atoms in total. The summed E-state index contributed by atoms with van der Waals surface area (Å²) < 4.78 is 27.4. The molecule has 22 heavy (non-hydrogen) atoms. The Morgan fingerprint density at radius 2 is 1.86 bits per heavy atom. The largest absolute Gasteiger partial charge is 0.269 e. The van der Waals surface area contributed by atoms with Crippen molar-refractivity contribution in [2.45, 2.75) is 44.9 Å². The standard InChI is InChI=1S/C15H22N2O4S/c1-11-4-3-5-15(12(11)2)16-22(20,21)10-13-6-8-14(9-7-13)17(18)19/h6-9,11-12,15-16H,3-5,10H2,1-2H3/t11-,12+,15-/m1/s1. The number of sulfonamides is 1. The van der Waals surface area contributed by atoms with E-state index in [1.54, 1.807) is 0 Å². The van der Waals surface area contributed by atoms with Gasteiger partial charge < -0.3 is 0 Å². The van der Waals surface area contributed by atoms with Crippen molar-refractivity contribution in [1.29, 1.82) is 0 Å². The van der Waals surface area contributed by atoms with E-state index in [4.69, 9.17) is 0 Å². The minimum Gasteiger partial charge on any atom is -0.258 e. The number of hydrogen-bond donors (Lipinski definition) is 1. The Morgan fingerprint density at radius 1 is 1.23 bits per heavy atom. The molecule has 0 saturated heterocycles. The normalized spacial score (nSPS) is 25.8. The van der Waals surface area contributed by atoms with Crippen LogP contribution in [0.4, 0.5) is 5.69 Å². The Hall–Kier alpha value is -1.47. The van der Waals surface area contributed by atoms with Gasteiger partial charge in [-0.3, -0.25) is 10.1 Å². The zero-order chi connectivity index (χ0) is 16.3. The molecule has 1 aromatic carbocycles. The quantitative estimate of drug-likeness (QED) is 0.665. The average Bonchev–Trinajstić information content (AvgIpc) is 2.44. The van der Waals surface area contributed by atoms with Crippen LogP contribution >= 0.6 is 0 Å². The lowest BCUT2D eigenvalue weighted by Gasteiger charge is -2.34. The van der Waals surface area contributed by atoms with E-state index in [2.05, 4.69) is 18.6 Å². The first-order valence-electron chi connectivity index (χ1n) is 7.52. The van der Waals surface area contributed by atoms with E-state index in [-0.39, 0.29) is 17.5 Å². The van der Waals surface area contributed by atoms with E-state index >= 15 is 0 Å². The summed E-state index contributed by atoms with van der Waals surface area (Å²) in [5.41, 5.74) is 0.512. The lowest BCUT2D eigenvalue weighted by Crippen LogP contribution is -2.44. The summed E-state index contributed by atoms with van der Waals surface area (Å²) in [6, 6.07) is 5.62. The SMILES string of the molecule is C[C@H]1[C@H](C)CCC[C@H]1NS(=O)(=O)Cc1ccc([N+](=O)[O-])cc1. The van der Waals surface area contributed by atoms with Crippen LogP contribution in [0.2, 0.25) is 0 Å². The van der Waals surface area contributed by atoms with Gasteiger partial charge in [0, 0.05) is 18.2 Å². The predicted molar refractivity (Wildman–Crippen MR) is 84.8 cm³/mol. The summed E-state index contributed by atoms with van der Waals surface area (Å²) in [7, 11) is -3.44. The fraction of sp³-hybridized carbons (Fsp3) is 0.600. The van der Waals surface area contributed by atoms with E-state index in [9.17, 15) is 18.5 Å². The lowest BCUT2D eigenvalue weighted by molar-refractivity contribution is -0.384. The highest BCUT2D eigenvalue weighted by Crippen LogP contribution is 2.30. The van der Waals surface area contributed by atoms with Gasteiger partial charge in [0.1, 0.15) is 0 Å². The van der Waals surface area contributed by atoms with E-state index in [0.717, 1.165) is 19.3 Å². The minimum atomic E-state index is -3.44. The number of nitrogens with one attached hydrogen (secondary N) is 1. The maximum atomic E-state index is 12.3. The number of rotatable bonds is 5. The van der Waals surface area contributed by atoms with Crippen LogP contribution in [0.15, 0.2) is 24.3 Å². The smallest absolute Gasteiger partial charge is 0.258 e. The van der Waals surface area contributed by atoms with Crippen molar-refractivity contribution in [2.24, 2.45) is 11.8 Å². The monoisotopic (exact) mass is 326 g/mol. The second-order valence-corrected chi connectivity index (χ2v) is 7.93. The van der Waals surface area contributed by atoms with Crippen LogP contribution < -0.4 is 4.72 Å². The Kier molecular flexibility index (Phi) is 5.18. The fourth-order valence-electron chi connectivity index (χ4n) is 2.95. The molecular formula is C15H22N2O4S. The van der Waals surface area contributed by atoms with Gasteiger partial charge in [-0.05, 0) is 23.8 Å². The third kappa shape index (κ3) is 4.27. The van der Waals surface area contributed by atoms with Gasteiger partial charge in [-0.15, -0.1) is 0 Å². The third-order valence-corrected chi connectivity index (χ3v) is 5.92.